The van der Waals surface area contributed by atoms with Gasteiger partial charge in [-0.2, -0.15) is 0 Å². The summed E-state index contributed by atoms with van der Waals surface area (Å²) in [6.45, 7) is 4.36. The molecule has 0 spiro atoms. The Morgan fingerprint density at radius 1 is 0.960 bits per heavy atom. The Bertz CT molecular complexity index is 845. The Morgan fingerprint density at radius 2 is 1.64 bits per heavy atom. The van der Waals surface area contributed by atoms with Gasteiger partial charge in [0.2, 0.25) is 0 Å². The van der Waals surface area contributed by atoms with Crippen molar-refractivity contribution < 1.29 is 9.90 Å². The van der Waals surface area contributed by atoms with E-state index in [0.29, 0.717) is 12.3 Å². The summed E-state index contributed by atoms with van der Waals surface area (Å²) in [5, 5.41) is 9.05. The maximum atomic E-state index is 11.0. The van der Waals surface area contributed by atoms with Gasteiger partial charge in [-0.1, -0.05) is 56.3 Å². The van der Waals surface area contributed by atoms with Gasteiger partial charge in [0.25, 0.3) is 0 Å². The summed E-state index contributed by atoms with van der Waals surface area (Å²) in [6.07, 6.45) is 0.635. The first-order chi connectivity index (χ1) is 12.1. The van der Waals surface area contributed by atoms with E-state index in [1.165, 1.54) is 5.56 Å². The molecule has 0 saturated heterocycles. The number of aromatic nitrogens is 1. The number of carboxylic acid groups (broad SMARTS) is 1. The third-order valence-corrected chi connectivity index (χ3v) is 4.44. The van der Waals surface area contributed by atoms with E-state index in [-0.39, 0.29) is 6.42 Å². The lowest BCUT2D eigenvalue weighted by Crippen LogP contribution is -2.05. The quantitative estimate of drug-likeness (QED) is 0.666. The summed E-state index contributed by atoms with van der Waals surface area (Å²) in [5.41, 5.74) is 5.58. The average molecular weight is 333 g/mol. The first-order valence-corrected chi connectivity index (χ1v) is 8.64. The van der Waals surface area contributed by atoms with E-state index in [4.69, 9.17) is 5.11 Å². The highest BCUT2D eigenvalue weighted by Crippen LogP contribution is 2.28. The van der Waals surface area contributed by atoms with Crippen LogP contribution < -0.4 is 0 Å². The predicted molar refractivity (Wildman–Crippen MR) is 101 cm³/mol. The number of aliphatic carboxylic acids is 1. The molecule has 1 aromatic heterocycles. The maximum Gasteiger partial charge on any atom is 0.303 e. The van der Waals surface area contributed by atoms with Gasteiger partial charge in [-0.3, -0.25) is 4.79 Å². The van der Waals surface area contributed by atoms with Crippen LogP contribution in [0, 0.1) is 0 Å². The van der Waals surface area contributed by atoms with Crippen molar-refractivity contribution in [3.05, 3.63) is 78.0 Å². The van der Waals surface area contributed by atoms with Crippen LogP contribution in [0.3, 0.4) is 0 Å². The van der Waals surface area contributed by atoms with E-state index in [9.17, 15) is 4.79 Å². The zero-order valence-corrected chi connectivity index (χ0v) is 14.6. The second kappa shape index (κ2) is 7.39. The molecule has 0 radical (unpaired) electrons. The Morgan fingerprint density at radius 3 is 2.24 bits per heavy atom. The lowest BCUT2D eigenvalue weighted by atomic mass is 10.0. The minimum atomic E-state index is -0.774. The molecule has 0 aliphatic rings. The fraction of sp³-hybridized carbons (Fsp3) is 0.227. The van der Waals surface area contributed by atoms with Crippen molar-refractivity contribution in [1.29, 1.82) is 0 Å². The van der Waals surface area contributed by atoms with Crippen LogP contribution in [-0.2, 0) is 11.2 Å². The first-order valence-electron chi connectivity index (χ1n) is 8.64. The van der Waals surface area contributed by atoms with Crippen molar-refractivity contribution in [3.8, 4) is 16.9 Å². The summed E-state index contributed by atoms with van der Waals surface area (Å²) in [4.78, 5) is 11.0. The minimum Gasteiger partial charge on any atom is -0.481 e. The van der Waals surface area contributed by atoms with Crippen molar-refractivity contribution in [2.75, 3.05) is 0 Å². The Hall–Kier alpha value is -2.81. The number of benzene rings is 2. The summed E-state index contributed by atoms with van der Waals surface area (Å²) in [6, 6.07) is 22.8. The highest BCUT2D eigenvalue weighted by atomic mass is 16.4. The number of hydrogen-bond donors (Lipinski definition) is 1. The number of aryl methyl sites for hydroxylation is 1. The van der Waals surface area contributed by atoms with Gasteiger partial charge in [0.05, 0.1) is 12.1 Å². The number of rotatable bonds is 6. The van der Waals surface area contributed by atoms with E-state index in [0.717, 1.165) is 22.6 Å². The van der Waals surface area contributed by atoms with Crippen LogP contribution in [-0.4, -0.2) is 15.6 Å². The standard InChI is InChI=1S/C22H23NO2/c1-16(2)17-8-10-19(11-9-17)23-20(13-15-22(24)25)12-14-21(23)18-6-4-3-5-7-18/h3-12,14,16H,13,15H2,1-2H3,(H,24,25). The lowest BCUT2D eigenvalue weighted by molar-refractivity contribution is -0.136. The minimum absolute atomic E-state index is 0.127. The molecule has 0 fully saturated rings. The number of nitrogens with zero attached hydrogens (tertiary/aromatic N) is 1. The van der Waals surface area contributed by atoms with Crippen LogP contribution in [0.2, 0.25) is 0 Å². The average Bonchev–Trinajstić information content (AvgIpc) is 3.04. The van der Waals surface area contributed by atoms with Crippen molar-refractivity contribution in [3.63, 3.8) is 0 Å². The van der Waals surface area contributed by atoms with Gasteiger partial charge in [-0.05, 0) is 47.7 Å². The van der Waals surface area contributed by atoms with Crippen LogP contribution in [0.4, 0.5) is 0 Å². The zero-order valence-electron chi connectivity index (χ0n) is 14.6. The molecule has 0 aliphatic carbocycles. The van der Waals surface area contributed by atoms with E-state index < -0.39 is 5.97 Å². The summed E-state index contributed by atoms with van der Waals surface area (Å²) < 4.78 is 2.17. The molecule has 3 heteroatoms. The first kappa shape index (κ1) is 17.0. The topological polar surface area (TPSA) is 42.2 Å². The monoisotopic (exact) mass is 333 g/mol. The van der Waals surface area contributed by atoms with Gasteiger partial charge in [0, 0.05) is 11.4 Å². The Balaban J connectivity index is 2.07. The fourth-order valence-electron chi connectivity index (χ4n) is 3.06. The van der Waals surface area contributed by atoms with Gasteiger partial charge in [-0.15, -0.1) is 0 Å². The fourth-order valence-corrected chi connectivity index (χ4v) is 3.06. The van der Waals surface area contributed by atoms with Gasteiger partial charge in [-0.25, -0.2) is 0 Å². The van der Waals surface area contributed by atoms with Crippen LogP contribution in [0.15, 0.2) is 66.7 Å². The molecule has 0 bridgehead atoms. The SMILES string of the molecule is CC(C)c1ccc(-n2c(CCC(=O)O)ccc2-c2ccccc2)cc1. The van der Waals surface area contributed by atoms with Crippen molar-refractivity contribution >= 4 is 5.97 Å². The van der Waals surface area contributed by atoms with Crippen LogP contribution in [0.5, 0.6) is 0 Å². The molecule has 0 unspecified atom stereocenters. The molecule has 128 valence electrons. The smallest absolute Gasteiger partial charge is 0.303 e. The Kier molecular flexibility index (Phi) is 5.03. The molecule has 25 heavy (non-hydrogen) atoms. The van der Waals surface area contributed by atoms with E-state index in [1.54, 1.807) is 0 Å². The molecular formula is C22H23NO2. The molecular weight excluding hydrogens is 310 g/mol. The van der Waals surface area contributed by atoms with E-state index in [2.05, 4.69) is 60.9 Å². The number of carbonyl (C=O) groups is 1. The molecule has 0 amide bonds. The summed E-state index contributed by atoms with van der Waals surface area (Å²) >= 11 is 0. The third-order valence-electron chi connectivity index (χ3n) is 4.44. The zero-order chi connectivity index (χ0) is 17.8. The molecule has 0 saturated carbocycles. The molecule has 3 aromatic rings. The molecule has 0 atom stereocenters. The molecule has 1 N–H and O–H groups in total. The van der Waals surface area contributed by atoms with Crippen molar-refractivity contribution in [1.82, 2.24) is 4.57 Å². The van der Waals surface area contributed by atoms with Gasteiger partial charge in [0.1, 0.15) is 0 Å². The summed E-state index contributed by atoms with van der Waals surface area (Å²) in [5.74, 6) is -0.289. The highest BCUT2D eigenvalue weighted by Gasteiger charge is 2.13. The Labute approximate surface area is 148 Å². The molecule has 3 rings (SSSR count). The van der Waals surface area contributed by atoms with Crippen LogP contribution >= 0.6 is 0 Å². The molecule has 1 heterocycles. The van der Waals surface area contributed by atoms with E-state index >= 15 is 0 Å². The number of hydrogen-bond acceptors (Lipinski definition) is 1. The number of carboxylic acids is 1. The van der Waals surface area contributed by atoms with E-state index in [1.807, 2.05) is 24.3 Å². The molecule has 3 nitrogen and oxygen atoms in total. The van der Waals surface area contributed by atoms with Gasteiger partial charge in [0.15, 0.2) is 0 Å². The second-order valence-electron chi connectivity index (χ2n) is 6.55. The van der Waals surface area contributed by atoms with Gasteiger partial charge < -0.3 is 9.67 Å². The summed E-state index contributed by atoms with van der Waals surface area (Å²) in [7, 11) is 0. The van der Waals surface area contributed by atoms with Crippen molar-refractivity contribution in [2.45, 2.75) is 32.6 Å². The second-order valence-corrected chi connectivity index (χ2v) is 6.55. The van der Waals surface area contributed by atoms with Crippen molar-refractivity contribution in [2.24, 2.45) is 0 Å². The highest BCUT2D eigenvalue weighted by molar-refractivity contribution is 5.68. The maximum absolute atomic E-state index is 11.0. The normalized spacial score (nSPS) is 11.0. The van der Waals surface area contributed by atoms with Crippen LogP contribution in [0.25, 0.3) is 16.9 Å². The predicted octanol–water partition coefficient (Wildman–Crippen LogP) is 5.28. The van der Waals surface area contributed by atoms with Crippen LogP contribution in [0.1, 0.15) is 37.4 Å². The third kappa shape index (κ3) is 3.82. The molecule has 0 aliphatic heterocycles. The molecule has 2 aromatic carbocycles. The lowest BCUT2D eigenvalue weighted by Gasteiger charge is -2.15. The van der Waals surface area contributed by atoms with Gasteiger partial charge >= 0.3 is 5.97 Å². The largest absolute Gasteiger partial charge is 0.481 e.